The fraction of sp³-hybridized carbons (Fsp3) is 0. The van der Waals surface area contributed by atoms with Crippen LogP contribution >= 0.6 is 0 Å². The van der Waals surface area contributed by atoms with Crippen LogP contribution in [-0.4, -0.2) is 9.13 Å². The standard InChI is InChI=1S/C60H41N3/c1-4-14-42(15-5-1)44-24-30-49(31-25-44)61(50-32-26-45(27-33-50)43-16-6-2-7-17-43)51-34-36-52(37-35-51)63-58-23-13-11-21-54(58)56-41-47(29-39-60(56)63)46-28-38-59-55(40-46)53-20-10-12-22-57(53)62(59)48-18-8-3-9-19-48/h1-41H. The predicted molar refractivity (Wildman–Crippen MR) is 266 cm³/mol. The first-order valence-electron chi connectivity index (χ1n) is 21.6. The number of fused-ring (bicyclic) bond motifs is 6. The van der Waals surface area contributed by atoms with Gasteiger partial charge in [0.05, 0.1) is 22.1 Å². The third kappa shape index (κ3) is 6.38. The van der Waals surface area contributed by atoms with E-state index in [-0.39, 0.29) is 0 Å². The van der Waals surface area contributed by atoms with Crippen molar-refractivity contribution < 1.29 is 0 Å². The smallest absolute Gasteiger partial charge is 0.0541 e. The SMILES string of the molecule is c1ccc(-c2ccc(N(c3ccc(-c4ccccc4)cc3)c3ccc(-n4c5ccccc5c5cc(-c6ccc7c(c6)c6ccccc6n7-c6ccccc6)ccc54)cc3)cc2)cc1. The van der Waals surface area contributed by atoms with Crippen LogP contribution in [0.4, 0.5) is 17.1 Å². The van der Waals surface area contributed by atoms with Crippen molar-refractivity contribution in [3.8, 4) is 44.8 Å². The molecule has 0 amide bonds. The quantitative estimate of drug-likeness (QED) is 0.149. The van der Waals surface area contributed by atoms with Gasteiger partial charge >= 0.3 is 0 Å². The Balaban J connectivity index is 0.936. The van der Waals surface area contributed by atoms with Crippen LogP contribution in [0.5, 0.6) is 0 Å². The van der Waals surface area contributed by atoms with Gasteiger partial charge in [-0.2, -0.15) is 0 Å². The Morgan fingerprint density at radius 1 is 0.222 bits per heavy atom. The monoisotopic (exact) mass is 803 g/mol. The van der Waals surface area contributed by atoms with Gasteiger partial charge in [-0.1, -0.05) is 152 Å². The zero-order valence-corrected chi connectivity index (χ0v) is 34.5. The number of aromatic nitrogens is 2. The lowest BCUT2D eigenvalue weighted by Gasteiger charge is -2.26. The molecule has 0 spiro atoms. The number of para-hydroxylation sites is 3. The Bertz CT molecular complexity index is 3480. The van der Waals surface area contributed by atoms with Crippen LogP contribution in [0.2, 0.25) is 0 Å². The van der Waals surface area contributed by atoms with Crippen LogP contribution in [-0.2, 0) is 0 Å². The molecule has 10 aromatic carbocycles. The molecule has 0 radical (unpaired) electrons. The molecular formula is C60H41N3. The highest BCUT2D eigenvalue weighted by molar-refractivity contribution is 6.12. The molecule has 0 atom stereocenters. The molecule has 0 saturated heterocycles. The van der Waals surface area contributed by atoms with Crippen molar-refractivity contribution in [2.45, 2.75) is 0 Å². The summed E-state index contributed by atoms with van der Waals surface area (Å²) in [6.45, 7) is 0. The van der Waals surface area contributed by atoms with E-state index < -0.39 is 0 Å². The maximum atomic E-state index is 2.41. The molecule has 2 heterocycles. The second kappa shape index (κ2) is 15.3. The van der Waals surface area contributed by atoms with Gasteiger partial charge in [0, 0.05) is 50.0 Å². The summed E-state index contributed by atoms with van der Waals surface area (Å²) >= 11 is 0. The molecule has 0 aliphatic carbocycles. The van der Waals surface area contributed by atoms with Crippen molar-refractivity contribution in [1.29, 1.82) is 0 Å². The van der Waals surface area contributed by atoms with E-state index in [1.807, 2.05) is 0 Å². The highest BCUT2D eigenvalue weighted by Gasteiger charge is 2.18. The molecule has 3 nitrogen and oxygen atoms in total. The summed E-state index contributed by atoms with van der Waals surface area (Å²) in [6, 6.07) is 90.0. The topological polar surface area (TPSA) is 13.1 Å². The highest BCUT2D eigenvalue weighted by Crippen LogP contribution is 2.41. The van der Waals surface area contributed by atoms with E-state index in [2.05, 4.69) is 263 Å². The average molecular weight is 804 g/mol. The summed E-state index contributed by atoms with van der Waals surface area (Å²) in [5, 5.41) is 4.98. The Morgan fingerprint density at radius 3 is 0.984 bits per heavy atom. The van der Waals surface area contributed by atoms with Crippen molar-refractivity contribution in [3.63, 3.8) is 0 Å². The van der Waals surface area contributed by atoms with E-state index in [0.29, 0.717) is 0 Å². The lowest BCUT2D eigenvalue weighted by atomic mass is 10.0. The Morgan fingerprint density at radius 2 is 0.540 bits per heavy atom. The van der Waals surface area contributed by atoms with Gasteiger partial charge in [-0.3, -0.25) is 0 Å². The molecule has 0 aliphatic rings. The number of hydrogen-bond donors (Lipinski definition) is 0. The molecule has 0 aliphatic heterocycles. The molecule has 0 bridgehead atoms. The summed E-state index contributed by atoms with van der Waals surface area (Å²) in [7, 11) is 0. The Kier molecular flexibility index (Phi) is 8.83. The molecule has 12 aromatic rings. The molecule has 0 saturated carbocycles. The zero-order chi connectivity index (χ0) is 41.7. The number of anilines is 3. The number of rotatable bonds is 8. The maximum absolute atomic E-state index is 2.41. The molecule has 296 valence electrons. The lowest BCUT2D eigenvalue weighted by molar-refractivity contribution is 1.17. The second-order valence-electron chi connectivity index (χ2n) is 16.2. The molecular weight excluding hydrogens is 763 g/mol. The van der Waals surface area contributed by atoms with E-state index in [1.165, 1.54) is 82.7 Å². The summed E-state index contributed by atoms with van der Waals surface area (Å²) in [4.78, 5) is 2.35. The first kappa shape index (κ1) is 36.5. The van der Waals surface area contributed by atoms with E-state index >= 15 is 0 Å². The van der Waals surface area contributed by atoms with Crippen LogP contribution in [0, 0.1) is 0 Å². The largest absolute Gasteiger partial charge is 0.311 e. The van der Waals surface area contributed by atoms with Crippen molar-refractivity contribution in [3.05, 3.63) is 249 Å². The van der Waals surface area contributed by atoms with Gasteiger partial charge in [0.2, 0.25) is 0 Å². The molecule has 3 heteroatoms. The highest BCUT2D eigenvalue weighted by atomic mass is 15.1. The van der Waals surface area contributed by atoms with Gasteiger partial charge in [0.1, 0.15) is 0 Å². The molecule has 2 aromatic heterocycles. The van der Waals surface area contributed by atoms with E-state index in [9.17, 15) is 0 Å². The molecule has 12 rings (SSSR count). The minimum Gasteiger partial charge on any atom is -0.311 e. The minimum atomic E-state index is 1.09. The van der Waals surface area contributed by atoms with Crippen LogP contribution in [0.1, 0.15) is 0 Å². The number of benzene rings is 10. The van der Waals surface area contributed by atoms with Crippen LogP contribution in [0.3, 0.4) is 0 Å². The summed E-state index contributed by atoms with van der Waals surface area (Å²) in [5.74, 6) is 0. The van der Waals surface area contributed by atoms with Gasteiger partial charge < -0.3 is 14.0 Å². The van der Waals surface area contributed by atoms with E-state index in [1.54, 1.807) is 0 Å². The number of nitrogens with zero attached hydrogens (tertiary/aromatic N) is 3. The first-order chi connectivity index (χ1) is 31.2. The van der Waals surface area contributed by atoms with Gasteiger partial charge in [0.15, 0.2) is 0 Å². The Hall–Kier alpha value is -8.40. The Labute approximate surface area is 366 Å². The van der Waals surface area contributed by atoms with Crippen LogP contribution < -0.4 is 4.90 Å². The summed E-state index contributed by atoms with van der Waals surface area (Å²) < 4.78 is 4.78. The van der Waals surface area contributed by atoms with E-state index in [0.717, 1.165) is 22.7 Å². The summed E-state index contributed by atoms with van der Waals surface area (Å²) in [6.07, 6.45) is 0. The predicted octanol–water partition coefficient (Wildman–Crippen LogP) is 16.4. The van der Waals surface area contributed by atoms with Crippen molar-refractivity contribution in [2.75, 3.05) is 4.90 Å². The second-order valence-corrected chi connectivity index (χ2v) is 16.2. The minimum absolute atomic E-state index is 1.09. The van der Waals surface area contributed by atoms with Gasteiger partial charge in [-0.25, -0.2) is 0 Å². The molecule has 0 unspecified atom stereocenters. The molecule has 63 heavy (non-hydrogen) atoms. The zero-order valence-electron chi connectivity index (χ0n) is 34.5. The first-order valence-corrected chi connectivity index (χ1v) is 21.6. The van der Waals surface area contributed by atoms with Crippen molar-refractivity contribution in [2.24, 2.45) is 0 Å². The number of hydrogen-bond acceptors (Lipinski definition) is 1. The van der Waals surface area contributed by atoms with Crippen LogP contribution in [0.25, 0.3) is 88.4 Å². The summed E-state index contributed by atoms with van der Waals surface area (Å²) in [5.41, 5.74) is 17.6. The average Bonchev–Trinajstić information content (AvgIpc) is 3.88. The molecule has 0 fully saturated rings. The molecule has 0 N–H and O–H groups in total. The normalized spacial score (nSPS) is 11.5. The lowest BCUT2D eigenvalue weighted by Crippen LogP contribution is -2.10. The van der Waals surface area contributed by atoms with Gasteiger partial charge in [-0.05, 0) is 130 Å². The van der Waals surface area contributed by atoms with Crippen molar-refractivity contribution >= 4 is 60.7 Å². The maximum Gasteiger partial charge on any atom is 0.0541 e. The van der Waals surface area contributed by atoms with Gasteiger partial charge in [0.25, 0.3) is 0 Å². The van der Waals surface area contributed by atoms with Crippen molar-refractivity contribution in [1.82, 2.24) is 9.13 Å². The third-order valence-corrected chi connectivity index (χ3v) is 12.5. The fourth-order valence-corrected chi connectivity index (χ4v) is 9.50. The van der Waals surface area contributed by atoms with Crippen LogP contribution in [0.15, 0.2) is 249 Å². The van der Waals surface area contributed by atoms with E-state index in [4.69, 9.17) is 0 Å². The van der Waals surface area contributed by atoms with Gasteiger partial charge in [-0.15, -0.1) is 0 Å². The third-order valence-electron chi connectivity index (χ3n) is 12.5. The fourth-order valence-electron chi connectivity index (χ4n) is 9.50.